The highest BCUT2D eigenvalue weighted by atomic mass is 16.5. The van der Waals surface area contributed by atoms with E-state index in [9.17, 15) is 9.59 Å². The Kier molecular flexibility index (Phi) is 2.64. The van der Waals surface area contributed by atoms with Gasteiger partial charge in [0.05, 0.1) is 7.11 Å². The van der Waals surface area contributed by atoms with Gasteiger partial charge in [-0.1, -0.05) is 0 Å². The molecular formula is C12H13NO3. The highest BCUT2D eigenvalue weighted by Gasteiger charge is 2.28. The minimum atomic E-state index is -0.415. The lowest BCUT2D eigenvalue weighted by Crippen LogP contribution is -2.31. The molecule has 0 spiro atoms. The van der Waals surface area contributed by atoms with Crippen molar-refractivity contribution in [1.29, 1.82) is 0 Å². The van der Waals surface area contributed by atoms with Crippen molar-refractivity contribution in [2.45, 2.75) is 12.8 Å². The van der Waals surface area contributed by atoms with Crippen LogP contribution in [0, 0.1) is 5.92 Å². The highest BCUT2D eigenvalue weighted by Crippen LogP contribution is 2.28. The molecule has 0 aromatic heterocycles. The summed E-state index contributed by atoms with van der Waals surface area (Å²) in [6.07, 6.45) is 0.738. The molecule has 16 heavy (non-hydrogen) atoms. The number of benzene rings is 1. The van der Waals surface area contributed by atoms with Crippen LogP contribution in [-0.4, -0.2) is 18.8 Å². The molecule has 2 N–H and O–H groups in total. The number of hydrogen-bond donors (Lipinski definition) is 1. The third kappa shape index (κ3) is 1.78. The Hall–Kier alpha value is -1.84. The monoisotopic (exact) mass is 219 g/mol. The summed E-state index contributed by atoms with van der Waals surface area (Å²) in [6, 6.07) is 5.29. The van der Waals surface area contributed by atoms with E-state index in [4.69, 9.17) is 10.5 Å². The number of carbonyl (C=O) groups is 2. The minimum Gasteiger partial charge on any atom is -0.497 e. The van der Waals surface area contributed by atoms with Gasteiger partial charge in [0.25, 0.3) is 0 Å². The van der Waals surface area contributed by atoms with Gasteiger partial charge in [-0.15, -0.1) is 0 Å². The van der Waals surface area contributed by atoms with Gasteiger partial charge in [0.1, 0.15) is 5.75 Å². The van der Waals surface area contributed by atoms with Gasteiger partial charge in [0, 0.05) is 17.9 Å². The first-order chi connectivity index (χ1) is 7.61. The summed E-state index contributed by atoms with van der Waals surface area (Å²) in [5.41, 5.74) is 6.76. The Morgan fingerprint density at radius 2 is 2.19 bits per heavy atom. The molecule has 1 aliphatic carbocycles. The molecule has 4 heteroatoms. The molecule has 0 heterocycles. The number of hydrogen-bond acceptors (Lipinski definition) is 3. The van der Waals surface area contributed by atoms with Crippen LogP contribution in [0.25, 0.3) is 0 Å². The third-order valence-electron chi connectivity index (χ3n) is 2.91. The average Bonchev–Trinajstić information content (AvgIpc) is 2.28. The summed E-state index contributed by atoms with van der Waals surface area (Å²) >= 11 is 0. The van der Waals surface area contributed by atoms with Gasteiger partial charge in [0.2, 0.25) is 5.91 Å². The lowest BCUT2D eigenvalue weighted by molar-refractivity contribution is -0.121. The van der Waals surface area contributed by atoms with Crippen molar-refractivity contribution in [2.24, 2.45) is 11.7 Å². The Labute approximate surface area is 93.4 Å². The van der Waals surface area contributed by atoms with Crippen molar-refractivity contribution in [3.63, 3.8) is 0 Å². The van der Waals surface area contributed by atoms with Crippen LogP contribution in [0.5, 0.6) is 5.75 Å². The first kappa shape index (κ1) is 10.7. The molecule has 1 atom stereocenters. The van der Waals surface area contributed by atoms with E-state index in [0.29, 0.717) is 17.7 Å². The van der Waals surface area contributed by atoms with Crippen LogP contribution in [0.4, 0.5) is 0 Å². The smallest absolute Gasteiger partial charge is 0.221 e. The Bertz CT molecular complexity index is 454. The SMILES string of the molecule is COc1ccc2c(c1)CC(C(N)=O)CC2=O. The molecule has 0 radical (unpaired) electrons. The third-order valence-corrected chi connectivity index (χ3v) is 2.91. The normalized spacial score (nSPS) is 19.1. The van der Waals surface area contributed by atoms with Crippen molar-refractivity contribution < 1.29 is 14.3 Å². The van der Waals surface area contributed by atoms with Crippen molar-refractivity contribution in [2.75, 3.05) is 7.11 Å². The van der Waals surface area contributed by atoms with E-state index in [0.717, 1.165) is 5.56 Å². The summed E-state index contributed by atoms with van der Waals surface area (Å²) < 4.78 is 5.08. The van der Waals surface area contributed by atoms with E-state index in [1.165, 1.54) is 0 Å². The first-order valence-electron chi connectivity index (χ1n) is 5.11. The molecule has 4 nitrogen and oxygen atoms in total. The summed E-state index contributed by atoms with van der Waals surface area (Å²) in [7, 11) is 1.57. The molecule has 1 aliphatic rings. The molecule has 0 saturated carbocycles. The quantitative estimate of drug-likeness (QED) is 0.804. The number of carbonyl (C=O) groups excluding carboxylic acids is 2. The number of ether oxygens (including phenoxy) is 1. The van der Waals surface area contributed by atoms with E-state index in [1.54, 1.807) is 25.3 Å². The van der Waals surface area contributed by atoms with Crippen LogP contribution in [0.3, 0.4) is 0 Å². The van der Waals surface area contributed by atoms with E-state index < -0.39 is 5.91 Å². The fourth-order valence-electron chi connectivity index (χ4n) is 2.01. The molecule has 1 amide bonds. The second-order valence-electron chi connectivity index (χ2n) is 3.95. The lowest BCUT2D eigenvalue weighted by atomic mass is 9.82. The first-order valence-corrected chi connectivity index (χ1v) is 5.11. The maximum atomic E-state index is 11.8. The van der Waals surface area contributed by atoms with Gasteiger partial charge in [0.15, 0.2) is 5.78 Å². The Morgan fingerprint density at radius 1 is 1.44 bits per heavy atom. The number of Topliss-reactive ketones (excluding diaryl/α,β-unsaturated/α-hetero) is 1. The zero-order valence-corrected chi connectivity index (χ0v) is 9.03. The molecule has 84 valence electrons. The van der Waals surface area contributed by atoms with Gasteiger partial charge in [-0.2, -0.15) is 0 Å². The van der Waals surface area contributed by atoms with E-state index in [2.05, 4.69) is 0 Å². The van der Waals surface area contributed by atoms with Gasteiger partial charge in [-0.25, -0.2) is 0 Å². The number of primary amides is 1. The van der Waals surface area contributed by atoms with Crippen LogP contribution in [0.15, 0.2) is 18.2 Å². The van der Waals surface area contributed by atoms with Crippen LogP contribution < -0.4 is 10.5 Å². The summed E-state index contributed by atoms with van der Waals surface area (Å²) in [5, 5.41) is 0. The van der Waals surface area contributed by atoms with Crippen LogP contribution in [0.2, 0.25) is 0 Å². The number of rotatable bonds is 2. The van der Waals surface area contributed by atoms with Gasteiger partial charge in [-0.3, -0.25) is 9.59 Å². The van der Waals surface area contributed by atoms with Crippen molar-refractivity contribution in [1.82, 2.24) is 0 Å². The Balaban J connectivity index is 2.39. The molecule has 1 aromatic carbocycles. The molecule has 1 aromatic rings. The van der Waals surface area contributed by atoms with Gasteiger partial charge in [-0.05, 0) is 30.2 Å². The zero-order valence-electron chi connectivity index (χ0n) is 9.03. The van der Waals surface area contributed by atoms with E-state index in [-0.39, 0.29) is 18.1 Å². The zero-order chi connectivity index (χ0) is 11.7. The average molecular weight is 219 g/mol. The second kappa shape index (κ2) is 3.96. The molecule has 1 unspecified atom stereocenters. The molecular weight excluding hydrogens is 206 g/mol. The summed E-state index contributed by atoms with van der Waals surface area (Å²) in [5.74, 6) is -0.127. The van der Waals surface area contributed by atoms with Gasteiger partial charge >= 0.3 is 0 Å². The van der Waals surface area contributed by atoms with Crippen molar-refractivity contribution >= 4 is 11.7 Å². The maximum Gasteiger partial charge on any atom is 0.221 e. The molecule has 0 bridgehead atoms. The summed E-state index contributed by atoms with van der Waals surface area (Å²) in [6.45, 7) is 0. The lowest BCUT2D eigenvalue weighted by Gasteiger charge is -2.21. The number of nitrogens with two attached hydrogens (primary N) is 1. The largest absolute Gasteiger partial charge is 0.497 e. The summed E-state index contributed by atoms with van der Waals surface area (Å²) in [4.78, 5) is 22.9. The standard InChI is InChI=1S/C12H13NO3/c1-16-9-2-3-10-7(5-9)4-8(12(13)15)6-11(10)14/h2-3,5,8H,4,6H2,1H3,(H2,13,15). The van der Waals surface area contributed by atoms with Crippen molar-refractivity contribution in [3.05, 3.63) is 29.3 Å². The van der Waals surface area contributed by atoms with Crippen LogP contribution in [-0.2, 0) is 11.2 Å². The highest BCUT2D eigenvalue weighted by molar-refractivity contribution is 6.01. The molecule has 0 fully saturated rings. The number of amides is 1. The minimum absolute atomic E-state index is 0.0206. The van der Waals surface area contributed by atoms with Crippen LogP contribution in [0.1, 0.15) is 22.3 Å². The van der Waals surface area contributed by atoms with Gasteiger partial charge < -0.3 is 10.5 Å². The number of fused-ring (bicyclic) bond motifs is 1. The van der Waals surface area contributed by atoms with Crippen molar-refractivity contribution in [3.8, 4) is 5.75 Å². The Morgan fingerprint density at radius 3 is 2.81 bits per heavy atom. The number of methoxy groups -OCH3 is 1. The fourth-order valence-corrected chi connectivity index (χ4v) is 2.01. The van der Waals surface area contributed by atoms with E-state index >= 15 is 0 Å². The fraction of sp³-hybridized carbons (Fsp3) is 0.333. The number of ketones is 1. The molecule has 0 saturated heterocycles. The van der Waals surface area contributed by atoms with Crippen LogP contribution >= 0.6 is 0 Å². The molecule has 2 rings (SSSR count). The van der Waals surface area contributed by atoms with E-state index in [1.807, 2.05) is 0 Å². The predicted molar refractivity (Wildman–Crippen MR) is 58.3 cm³/mol. The topological polar surface area (TPSA) is 69.4 Å². The predicted octanol–water partition coefficient (Wildman–Crippen LogP) is 0.926. The maximum absolute atomic E-state index is 11.8. The molecule has 0 aliphatic heterocycles. The second-order valence-corrected chi connectivity index (χ2v) is 3.95.